The zero-order valence-corrected chi connectivity index (χ0v) is 17.3. The molecule has 1 heterocycles. The van der Waals surface area contributed by atoms with Gasteiger partial charge in [0.05, 0.1) is 25.4 Å². The first-order valence-corrected chi connectivity index (χ1v) is 9.63. The van der Waals surface area contributed by atoms with Crippen LogP contribution in [-0.2, 0) is 0 Å². The van der Waals surface area contributed by atoms with E-state index < -0.39 is 11.8 Å². The number of hydrogen-bond acceptors (Lipinski definition) is 6. The Balaban J connectivity index is 1.48. The van der Waals surface area contributed by atoms with Gasteiger partial charge in [0.1, 0.15) is 18.0 Å². The van der Waals surface area contributed by atoms with Gasteiger partial charge >= 0.3 is 6.03 Å². The van der Waals surface area contributed by atoms with Gasteiger partial charge in [-0.05, 0) is 42.5 Å². The van der Waals surface area contributed by atoms with E-state index in [1.807, 2.05) is 0 Å². The molecule has 4 aromatic rings. The molecule has 32 heavy (non-hydrogen) atoms. The fourth-order valence-electron chi connectivity index (χ4n) is 3.10. The van der Waals surface area contributed by atoms with Gasteiger partial charge in [0.25, 0.3) is 0 Å². The molecule has 3 aromatic carbocycles. The first-order chi connectivity index (χ1) is 15.6. The van der Waals surface area contributed by atoms with Crippen molar-refractivity contribution in [1.82, 2.24) is 9.97 Å². The molecule has 0 saturated carbocycles. The average Bonchev–Trinajstić information content (AvgIpc) is 2.81. The van der Waals surface area contributed by atoms with Gasteiger partial charge < -0.3 is 25.4 Å². The Bertz CT molecular complexity index is 1260. The van der Waals surface area contributed by atoms with Gasteiger partial charge in [-0.1, -0.05) is 12.1 Å². The third kappa shape index (κ3) is 4.51. The monoisotopic (exact) mass is 433 g/mol. The number of carbonyl (C=O) groups excluding carboxylic acids is 1. The van der Waals surface area contributed by atoms with Crippen molar-refractivity contribution < 1.29 is 18.7 Å². The number of carbonyl (C=O) groups is 1. The smallest absolute Gasteiger partial charge is 0.323 e. The Morgan fingerprint density at radius 3 is 2.28 bits per heavy atom. The highest BCUT2D eigenvalue weighted by molar-refractivity contribution is 6.00. The molecule has 4 rings (SSSR count). The van der Waals surface area contributed by atoms with Crippen molar-refractivity contribution in [2.24, 2.45) is 0 Å². The fourth-order valence-corrected chi connectivity index (χ4v) is 3.10. The minimum absolute atomic E-state index is 0.103. The lowest BCUT2D eigenvalue weighted by atomic mass is 10.2. The molecule has 0 atom stereocenters. The zero-order chi connectivity index (χ0) is 22.5. The predicted molar refractivity (Wildman–Crippen MR) is 121 cm³/mol. The molecule has 162 valence electrons. The summed E-state index contributed by atoms with van der Waals surface area (Å²) in [5, 5.41) is 9.14. The van der Waals surface area contributed by atoms with E-state index in [0.29, 0.717) is 28.5 Å². The van der Waals surface area contributed by atoms with Gasteiger partial charge in [-0.15, -0.1) is 0 Å². The SMILES string of the molecule is COc1cc2ncnc(Nc3ccc(NC(=O)Nc4ccccc4F)cc3)c2cc1OC. The third-order valence-electron chi connectivity index (χ3n) is 4.67. The molecule has 0 radical (unpaired) electrons. The van der Waals surface area contributed by atoms with Gasteiger partial charge in [-0.2, -0.15) is 0 Å². The number of rotatable bonds is 6. The number of ether oxygens (including phenoxy) is 2. The number of hydrogen-bond donors (Lipinski definition) is 3. The second kappa shape index (κ2) is 9.17. The summed E-state index contributed by atoms with van der Waals surface area (Å²) in [7, 11) is 3.13. The van der Waals surface area contributed by atoms with E-state index in [0.717, 1.165) is 11.1 Å². The van der Waals surface area contributed by atoms with Crippen LogP contribution in [0.4, 0.5) is 32.1 Å². The van der Waals surface area contributed by atoms with Crippen LogP contribution in [0.15, 0.2) is 67.0 Å². The molecule has 0 spiro atoms. The molecule has 0 saturated heterocycles. The van der Waals surface area contributed by atoms with Crippen LogP contribution in [0.5, 0.6) is 11.5 Å². The van der Waals surface area contributed by atoms with Crippen LogP contribution >= 0.6 is 0 Å². The van der Waals surface area contributed by atoms with Crippen LogP contribution in [-0.4, -0.2) is 30.2 Å². The topological polar surface area (TPSA) is 97.4 Å². The molecule has 0 aliphatic heterocycles. The minimum Gasteiger partial charge on any atom is -0.493 e. The first-order valence-electron chi connectivity index (χ1n) is 9.63. The number of fused-ring (bicyclic) bond motifs is 1. The van der Waals surface area contributed by atoms with E-state index in [1.165, 1.54) is 18.5 Å². The molecule has 3 N–H and O–H groups in total. The summed E-state index contributed by atoms with van der Waals surface area (Å²) in [6.45, 7) is 0. The molecular formula is C23H20FN5O3. The number of anilines is 4. The number of aromatic nitrogens is 2. The van der Waals surface area contributed by atoms with Crippen LogP contribution in [0.3, 0.4) is 0 Å². The van der Waals surface area contributed by atoms with Gasteiger partial charge in [-0.25, -0.2) is 19.2 Å². The standard InChI is InChI=1S/C23H20FN5O3/c1-31-20-11-16-19(12-21(20)32-2)25-13-26-22(16)27-14-7-9-15(10-8-14)28-23(30)29-18-6-4-3-5-17(18)24/h3-13H,1-2H3,(H,25,26,27)(H2,28,29,30). The van der Waals surface area contributed by atoms with E-state index >= 15 is 0 Å². The lowest BCUT2D eigenvalue weighted by molar-refractivity contribution is 0.262. The number of nitrogens with zero attached hydrogens (tertiary/aromatic N) is 2. The number of methoxy groups -OCH3 is 2. The summed E-state index contributed by atoms with van der Waals surface area (Å²) in [5.41, 5.74) is 2.09. The summed E-state index contributed by atoms with van der Waals surface area (Å²) in [6.07, 6.45) is 1.46. The molecule has 0 bridgehead atoms. The van der Waals surface area contributed by atoms with Crippen molar-refractivity contribution in [3.63, 3.8) is 0 Å². The Morgan fingerprint density at radius 1 is 0.875 bits per heavy atom. The predicted octanol–water partition coefficient (Wildman–Crippen LogP) is 5.17. The number of nitrogens with one attached hydrogen (secondary N) is 3. The highest BCUT2D eigenvalue weighted by atomic mass is 19.1. The highest BCUT2D eigenvalue weighted by Gasteiger charge is 2.11. The molecule has 0 aliphatic rings. The quantitative estimate of drug-likeness (QED) is 0.388. The number of benzene rings is 3. The van der Waals surface area contributed by atoms with Gasteiger partial charge in [0.2, 0.25) is 0 Å². The van der Waals surface area contributed by atoms with E-state index in [2.05, 4.69) is 25.9 Å². The van der Waals surface area contributed by atoms with Crippen LogP contribution in [0, 0.1) is 5.82 Å². The molecule has 9 heteroatoms. The van der Waals surface area contributed by atoms with Crippen molar-refractivity contribution in [3.05, 3.63) is 72.8 Å². The van der Waals surface area contributed by atoms with Crippen molar-refractivity contribution in [3.8, 4) is 11.5 Å². The zero-order valence-electron chi connectivity index (χ0n) is 17.3. The van der Waals surface area contributed by atoms with Crippen molar-refractivity contribution >= 4 is 39.8 Å². The molecule has 0 aliphatic carbocycles. The van der Waals surface area contributed by atoms with Crippen LogP contribution < -0.4 is 25.4 Å². The van der Waals surface area contributed by atoms with Crippen LogP contribution in [0.25, 0.3) is 10.9 Å². The maximum absolute atomic E-state index is 13.7. The van der Waals surface area contributed by atoms with Crippen LogP contribution in [0.2, 0.25) is 0 Å². The molecule has 0 fully saturated rings. The van der Waals surface area contributed by atoms with Crippen LogP contribution in [0.1, 0.15) is 0 Å². The average molecular weight is 433 g/mol. The number of para-hydroxylation sites is 1. The molecule has 1 aromatic heterocycles. The second-order valence-electron chi connectivity index (χ2n) is 6.71. The largest absolute Gasteiger partial charge is 0.493 e. The molecule has 0 unspecified atom stereocenters. The van der Waals surface area contributed by atoms with Crippen molar-refractivity contribution in [2.75, 3.05) is 30.2 Å². The molecular weight excluding hydrogens is 413 g/mol. The first kappa shape index (κ1) is 20.9. The molecule has 2 amide bonds. The van der Waals surface area contributed by atoms with Gasteiger partial charge in [0, 0.05) is 22.8 Å². The Morgan fingerprint density at radius 2 is 1.56 bits per heavy atom. The lowest BCUT2D eigenvalue weighted by Crippen LogP contribution is -2.20. The fraction of sp³-hybridized carbons (Fsp3) is 0.0870. The molecule has 8 nitrogen and oxygen atoms in total. The number of amides is 2. The summed E-state index contributed by atoms with van der Waals surface area (Å²) >= 11 is 0. The maximum atomic E-state index is 13.7. The van der Waals surface area contributed by atoms with Gasteiger partial charge in [-0.3, -0.25) is 0 Å². The van der Waals surface area contributed by atoms with E-state index in [-0.39, 0.29) is 5.69 Å². The Labute approximate surface area is 183 Å². The highest BCUT2D eigenvalue weighted by Crippen LogP contribution is 2.34. The van der Waals surface area contributed by atoms with Crippen molar-refractivity contribution in [1.29, 1.82) is 0 Å². The summed E-state index contributed by atoms with van der Waals surface area (Å²) in [6, 6.07) is 16.0. The Hall–Kier alpha value is -4.40. The summed E-state index contributed by atoms with van der Waals surface area (Å²) < 4.78 is 24.4. The minimum atomic E-state index is -0.543. The van der Waals surface area contributed by atoms with E-state index in [9.17, 15) is 9.18 Å². The summed E-state index contributed by atoms with van der Waals surface area (Å²) in [5.74, 6) is 1.23. The Kier molecular flexibility index (Phi) is 5.98. The second-order valence-corrected chi connectivity index (χ2v) is 6.71. The van der Waals surface area contributed by atoms with Gasteiger partial charge in [0.15, 0.2) is 11.5 Å². The normalized spacial score (nSPS) is 10.5. The van der Waals surface area contributed by atoms with E-state index in [1.54, 1.807) is 62.8 Å². The summed E-state index contributed by atoms with van der Waals surface area (Å²) in [4.78, 5) is 20.7. The maximum Gasteiger partial charge on any atom is 0.323 e. The number of urea groups is 1. The number of halogens is 1. The third-order valence-corrected chi connectivity index (χ3v) is 4.67. The van der Waals surface area contributed by atoms with E-state index in [4.69, 9.17) is 9.47 Å². The lowest BCUT2D eigenvalue weighted by Gasteiger charge is -2.13. The van der Waals surface area contributed by atoms with Crippen molar-refractivity contribution in [2.45, 2.75) is 0 Å².